The summed E-state index contributed by atoms with van der Waals surface area (Å²) in [4.78, 5) is 4.05. The summed E-state index contributed by atoms with van der Waals surface area (Å²) in [5, 5.41) is 4.55. The molecule has 0 bridgehead atoms. The maximum Gasteiger partial charge on any atom is 0.394 e. The van der Waals surface area contributed by atoms with Crippen LogP contribution in [0.15, 0.2) is 24.5 Å². The molecule has 1 aromatic heterocycles. The second kappa shape index (κ2) is 6.66. The zero-order valence-corrected chi connectivity index (χ0v) is 11.6. The van der Waals surface area contributed by atoms with E-state index in [9.17, 15) is 0 Å². The largest absolute Gasteiger partial charge is 0.496 e. The number of ether oxygens (including phenoxy) is 1. The molecule has 0 fully saturated rings. The first-order valence-corrected chi connectivity index (χ1v) is 6.67. The van der Waals surface area contributed by atoms with Crippen LogP contribution in [0.25, 0.3) is 11.4 Å². The average Bonchev–Trinajstić information content (AvgIpc) is 2.74. The molecule has 0 spiro atoms. The van der Waals surface area contributed by atoms with Gasteiger partial charge in [0.05, 0.1) is 16.7 Å². The van der Waals surface area contributed by atoms with Gasteiger partial charge in [-0.15, -0.1) is 0 Å². The topological polar surface area (TPSA) is 115 Å². The SMILES string of the molecule is O=S(=O)(O)O.[2H]C([2H])([2H])Oc1ccc(Cl)cc1-c1ncn(C)n1. The molecule has 0 radical (unpaired) electrons. The van der Waals surface area contributed by atoms with Gasteiger partial charge in [-0.3, -0.25) is 13.8 Å². The Morgan fingerprint density at radius 2 is 2.10 bits per heavy atom. The summed E-state index contributed by atoms with van der Waals surface area (Å²) in [5.74, 6) is 0.532. The van der Waals surface area contributed by atoms with Crippen LogP contribution >= 0.6 is 11.6 Å². The maximum atomic E-state index is 8.74. The molecule has 0 atom stereocenters. The Labute approximate surface area is 124 Å². The molecule has 2 rings (SSSR count). The highest BCUT2D eigenvalue weighted by Gasteiger charge is 2.10. The van der Waals surface area contributed by atoms with Crippen molar-refractivity contribution in [2.75, 3.05) is 7.04 Å². The highest BCUT2D eigenvalue weighted by molar-refractivity contribution is 7.79. The van der Waals surface area contributed by atoms with Gasteiger partial charge in [-0.1, -0.05) is 11.6 Å². The molecule has 0 amide bonds. The number of nitrogens with zero attached hydrogens (tertiary/aromatic N) is 3. The predicted octanol–water partition coefficient (Wildman–Crippen LogP) is 1.49. The Bertz CT molecular complexity index is 770. The van der Waals surface area contributed by atoms with Gasteiger partial charge in [0.1, 0.15) is 12.1 Å². The third-order valence-electron chi connectivity index (χ3n) is 1.89. The van der Waals surface area contributed by atoms with Crippen molar-refractivity contribution < 1.29 is 26.4 Å². The molecule has 2 aromatic rings. The number of aromatic nitrogens is 3. The van der Waals surface area contributed by atoms with Gasteiger partial charge >= 0.3 is 10.4 Å². The van der Waals surface area contributed by atoms with E-state index in [1.807, 2.05) is 0 Å². The van der Waals surface area contributed by atoms with E-state index in [0.29, 0.717) is 16.4 Å². The van der Waals surface area contributed by atoms with Crippen molar-refractivity contribution >= 4 is 22.0 Å². The summed E-state index contributed by atoms with van der Waals surface area (Å²) in [7, 11) is -5.48. The smallest absolute Gasteiger partial charge is 0.394 e. The number of hydrogen-bond acceptors (Lipinski definition) is 5. The summed E-state index contributed by atoms with van der Waals surface area (Å²) < 4.78 is 59.4. The first-order chi connectivity index (χ1) is 10.3. The van der Waals surface area contributed by atoms with Crippen LogP contribution in [-0.2, 0) is 17.4 Å². The van der Waals surface area contributed by atoms with E-state index < -0.39 is 17.4 Å². The molecule has 0 aliphatic heterocycles. The van der Waals surface area contributed by atoms with Crippen molar-refractivity contribution in [2.45, 2.75) is 0 Å². The van der Waals surface area contributed by atoms with Crippen LogP contribution in [0.3, 0.4) is 0 Å². The van der Waals surface area contributed by atoms with Crippen molar-refractivity contribution in [3.05, 3.63) is 29.5 Å². The van der Waals surface area contributed by atoms with Gasteiger partial charge in [-0.05, 0) is 18.2 Å². The number of rotatable bonds is 2. The Kier molecular flexibility index (Phi) is 4.03. The maximum absolute atomic E-state index is 8.74. The molecular weight excluding hydrogens is 310 g/mol. The van der Waals surface area contributed by atoms with Gasteiger partial charge in [0.25, 0.3) is 0 Å². The first kappa shape index (κ1) is 12.1. The summed E-state index contributed by atoms with van der Waals surface area (Å²) in [6, 6.07) is 4.60. The van der Waals surface area contributed by atoms with Gasteiger partial charge in [0, 0.05) is 12.1 Å². The molecule has 10 heteroatoms. The second-order valence-corrected chi connectivity index (χ2v) is 4.76. The van der Waals surface area contributed by atoms with E-state index in [1.54, 1.807) is 19.2 Å². The Hall–Kier alpha value is -1.68. The standard InChI is InChI=1S/C10H10ClN3O.H2O4S/c1-14-6-12-10(13-14)8-5-7(11)3-4-9(8)15-2;1-5(2,3)4/h3-6H,1-2H3;(H2,1,2,3,4)/i2D3;. The lowest BCUT2D eigenvalue weighted by Crippen LogP contribution is -1.91. The van der Waals surface area contributed by atoms with Crippen LogP contribution < -0.4 is 4.74 Å². The number of halogens is 1. The molecule has 20 heavy (non-hydrogen) atoms. The van der Waals surface area contributed by atoms with Crippen molar-refractivity contribution in [2.24, 2.45) is 7.05 Å². The molecule has 0 saturated heterocycles. The average molecular weight is 325 g/mol. The highest BCUT2D eigenvalue weighted by Crippen LogP contribution is 2.29. The molecule has 2 N–H and O–H groups in total. The van der Waals surface area contributed by atoms with Crippen molar-refractivity contribution in [3.8, 4) is 17.1 Å². The third-order valence-corrected chi connectivity index (χ3v) is 2.13. The molecule has 0 aliphatic carbocycles. The summed E-state index contributed by atoms with van der Waals surface area (Å²) in [6.45, 7) is 0. The number of aryl methyl sites for hydroxylation is 1. The van der Waals surface area contributed by atoms with E-state index in [-0.39, 0.29) is 5.75 Å². The summed E-state index contributed by atoms with van der Waals surface area (Å²) in [5.41, 5.74) is 0.444. The monoisotopic (exact) mass is 324 g/mol. The Morgan fingerprint density at radius 3 is 2.60 bits per heavy atom. The van der Waals surface area contributed by atoms with Gasteiger partial charge in [0.15, 0.2) is 5.82 Å². The second-order valence-electron chi connectivity index (χ2n) is 3.43. The van der Waals surface area contributed by atoms with Crippen LogP contribution in [-0.4, -0.2) is 39.3 Å². The van der Waals surface area contributed by atoms with E-state index >= 15 is 0 Å². The number of methoxy groups -OCH3 is 1. The van der Waals surface area contributed by atoms with Crippen molar-refractivity contribution in [3.63, 3.8) is 0 Å². The molecule has 1 aromatic carbocycles. The molecule has 0 aliphatic rings. The lowest BCUT2D eigenvalue weighted by atomic mass is 10.2. The lowest BCUT2D eigenvalue weighted by Gasteiger charge is -2.05. The number of hydrogen-bond donors (Lipinski definition) is 2. The van der Waals surface area contributed by atoms with Crippen LogP contribution in [0.2, 0.25) is 5.02 Å². The van der Waals surface area contributed by atoms with Crippen LogP contribution in [0.1, 0.15) is 4.11 Å². The highest BCUT2D eigenvalue weighted by atomic mass is 35.5. The van der Waals surface area contributed by atoms with E-state index in [2.05, 4.69) is 10.1 Å². The normalized spacial score (nSPS) is 13.5. The fourth-order valence-corrected chi connectivity index (χ4v) is 1.40. The minimum absolute atomic E-state index is 0.172. The third kappa shape index (κ3) is 5.53. The molecule has 110 valence electrons. The molecule has 1 heterocycles. The van der Waals surface area contributed by atoms with E-state index in [0.717, 1.165) is 0 Å². The number of benzene rings is 1. The predicted molar refractivity (Wildman–Crippen MR) is 72.2 cm³/mol. The van der Waals surface area contributed by atoms with E-state index in [4.69, 9.17) is 38.0 Å². The molecule has 0 saturated carbocycles. The first-order valence-electron chi connectivity index (χ1n) is 6.39. The fraction of sp³-hybridized carbons (Fsp3) is 0.200. The van der Waals surface area contributed by atoms with Crippen molar-refractivity contribution in [1.29, 1.82) is 0 Å². The zero-order valence-electron chi connectivity index (χ0n) is 13.1. The van der Waals surface area contributed by atoms with Gasteiger partial charge < -0.3 is 4.74 Å². The lowest BCUT2D eigenvalue weighted by molar-refractivity contribution is 0.381. The quantitative estimate of drug-likeness (QED) is 0.804. The minimum atomic E-state index is -4.67. The van der Waals surface area contributed by atoms with E-state index in [1.165, 1.54) is 17.1 Å². The summed E-state index contributed by atoms with van der Waals surface area (Å²) >= 11 is 5.89. The van der Waals surface area contributed by atoms with Gasteiger partial charge in [0.2, 0.25) is 0 Å². The summed E-state index contributed by atoms with van der Waals surface area (Å²) in [6.07, 6.45) is 1.51. The molecular formula is C10H12ClN3O5S. The fourth-order valence-electron chi connectivity index (χ4n) is 1.23. The minimum Gasteiger partial charge on any atom is -0.496 e. The molecule has 0 unspecified atom stereocenters. The van der Waals surface area contributed by atoms with Crippen LogP contribution in [0.5, 0.6) is 5.75 Å². The zero-order chi connectivity index (χ0) is 17.8. The van der Waals surface area contributed by atoms with Crippen LogP contribution in [0, 0.1) is 0 Å². The van der Waals surface area contributed by atoms with Gasteiger partial charge in [-0.25, -0.2) is 4.98 Å². The Balaban J connectivity index is 0.000000463. The Morgan fingerprint density at radius 1 is 1.45 bits per heavy atom. The van der Waals surface area contributed by atoms with Gasteiger partial charge in [-0.2, -0.15) is 13.5 Å². The van der Waals surface area contributed by atoms with Crippen LogP contribution in [0.4, 0.5) is 0 Å². The molecule has 8 nitrogen and oxygen atoms in total. The van der Waals surface area contributed by atoms with Crippen molar-refractivity contribution in [1.82, 2.24) is 14.8 Å².